The summed E-state index contributed by atoms with van der Waals surface area (Å²) in [5, 5.41) is 6.37. The van der Waals surface area contributed by atoms with Crippen LogP contribution in [0.25, 0.3) is 15.1 Å². The summed E-state index contributed by atoms with van der Waals surface area (Å²) in [7, 11) is 0. The van der Waals surface area contributed by atoms with Gasteiger partial charge in [-0.25, -0.2) is 14.6 Å². The van der Waals surface area contributed by atoms with Crippen LogP contribution in [0, 0.1) is 6.57 Å². The van der Waals surface area contributed by atoms with Crippen molar-refractivity contribution in [2.75, 3.05) is 10.6 Å². The van der Waals surface area contributed by atoms with Crippen molar-refractivity contribution in [1.82, 2.24) is 4.98 Å². The van der Waals surface area contributed by atoms with Gasteiger partial charge in [0.2, 0.25) is 0 Å². The highest BCUT2D eigenvalue weighted by molar-refractivity contribution is 7.22. The van der Waals surface area contributed by atoms with Crippen LogP contribution in [0.5, 0.6) is 0 Å². The number of halogens is 1. The number of urea groups is 1. The highest BCUT2D eigenvalue weighted by Gasteiger charge is 2.08. The van der Waals surface area contributed by atoms with E-state index in [1.54, 1.807) is 42.5 Å². The molecule has 0 saturated carbocycles. The maximum atomic E-state index is 11.9. The van der Waals surface area contributed by atoms with Gasteiger partial charge in [-0.3, -0.25) is 5.32 Å². The Hall–Kier alpha value is -2.62. The van der Waals surface area contributed by atoms with E-state index < -0.39 is 6.03 Å². The van der Waals surface area contributed by atoms with Crippen LogP contribution in [0.15, 0.2) is 42.5 Å². The minimum atomic E-state index is -0.397. The second kappa shape index (κ2) is 6.02. The molecule has 0 unspecified atom stereocenters. The largest absolute Gasteiger partial charge is 0.325 e. The average Bonchev–Trinajstić information content (AvgIpc) is 2.87. The fraction of sp³-hybridized carbons (Fsp3) is 0. The van der Waals surface area contributed by atoms with E-state index in [4.69, 9.17) is 18.2 Å². The predicted octanol–water partition coefficient (Wildman–Crippen LogP) is 5.14. The lowest BCUT2D eigenvalue weighted by Gasteiger charge is -2.05. The van der Waals surface area contributed by atoms with Gasteiger partial charge in [0.15, 0.2) is 10.8 Å². The molecule has 0 spiro atoms. The molecule has 1 heterocycles. The number of hydrogen-bond acceptors (Lipinski definition) is 3. The average molecular weight is 329 g/mol. The first kappa shape index (κ1) is 14.3. The summed E-state index contributed by atoms with van der Waals surface area (Å²) < 4.78 is 0.853. The van der Waals surface area contributed by atoms with Crippen LogP contribution < -0.4 is 10.6 Å². The zero-order valence-corrected chi connectivity index (χ0v) is 12.7. The topological polar surface area (TPSA) is 58.4 Å². The van der Waals surface area contributed by atoms with Gasteiger partial charge in [0.25, 0.3) is 0 Å². The number of thiazole rings is 1. The van der Waals surface area contributed by atoms with E-state index in [2.05, 4.69) is 20.5 Å². The highest BCUT2D eigenvalue weighted by Crippen LogP contribution is 2.29. The summed E-state index contributed by atoms with van der Waals surface area (Å²) in [4.78, 5) is 19.6. The molecule has 0 bridgehead atoms. The molecule has 2 N–H and O–H groups in total. The molecule has 0 fully saturated rings. The number of nitrogens with one attached hydrogen (secondary N) is 2. The number of rotatable bonds is 2. The summed E-state index contributed by atoms with van der Waals surface area (Å²) in [6, 6.07) is 11.7. The third-order valence-corrected chi connectivity index (χ3v) is 3.97. The number of fused-ring (bicyclic) bond motifs is 1. The van der Waals surface area contributed by atoms with Crippen molar-refractivity contribution in [2.45, 2.75) is 0 Å². The maximum Gasteiger partial charge on any atom is 0.325 e. The minimum absolute atomic E-state index is 0.397. The number of hydrogen-bond donors (Lipinski definition) is 2. The van der Waals surface area contributed by atoms with Crippen LogP contribution in [-0.2, 0) is 0 Å². The van der Waals surface area contributed by atoms with Gasteiger partial charge in [0, 0.05) is 15.4 Å². The number of nitrogens with zero attached hydrogens (tertiary/aromatic N) is 2. The van der Waals surface area contributed by atoms with Gasteiger partial charge < -0.3 is 5.32 Å². The molecule has 108 valence electrons. The van der Waals surface area contributed by atoms with Crippen molar-refractivity contribution >= 4 is 55.7 Å². The van der Waals surface area contributed by atoms with E-state index in [1.165, 1.54) is 11.3 Å². The van der Waals surface area contributed by atoms with Crippen LogP contribution >= 0.6 is 22.9 Å². The molecule has 3 aromatic rings. The van der Waals surface area contributed by atoms with E-state index >= 15 is 0 Å². The van der Waals surface area contributed by atoms with Crippen molar-refractivity contribution in [3.8, 4) is 0 Å². The fourth-order valence-electron chi connectivity index (χ4n) is 1.86. The summed E-state index contributed by atoms with van der Waals surface area (Å²) in [5.74, 6) is 0. The third kappa shape index (κ3) is 3.17. The molecule has 2 amide bonds. The fourth-order valence-corrected chi connectivity index (χ4v) is 2.95. The third-order valence-electron chi connectivity index (χ3n) is 2.80. The molecule has 0 saturated heterocycles. The predicted molar refractivity (Wildman–Crippen MR) is 90.0 cm³/mol. The Morgan fingerprint density at radius 1 is 1.23 bits per heavy atom. The van der Waals surface area contributed by atoms with Gasteiger partial charge in [0.1, 0.15) is 0 Å². The van der Waals surface area contributed by atoms with Gasteiger partial charge in [-0.2, -0.15) is 0 Å². The van der Waals surface area contributed by atoms with E-state index in [-0.39, 0.29) is 0 Å². The second-order valence-electron chi connectivity index (χ2n) is 4.37. The van der Waals surface area contributed by atoms with Crippen LogP contribution in [0.2, 0.25) is 5.02 Å². The number of carbonyl (C=O) groups is 1. The zero-order chi connectivity index (χ0) is 15.5. The summed E-state index contributed by atoms with van der Waals surface area (Å²) in [6.45, 7) is 7.00. The normalized spacial score (nSPS) is 10.2. The number of amides is 2. The Morgan fingerprint density at radius 2 is 2.09 bits per heavy atom. The molecule has 3 rings (SSSR count). The van der Waals surface area contributed by atoms with E-state index in [0.717, 1.165) is 10.2 Å². The monoisotopic (exact) mass is 328 g/mol. The molecule has 0 aliphatic rings. The molecule has 22 heavy (non-hydrogen) atoms. The summed E-state index contributed by atoms with van der Waals surface area (Å²) in [6.07, 6.45) is 0. The SMILES string of the molecule is [C-]#[N+]c1ccc2nc(NC(=O)Nc3cccc(Cl)c3)sc2c1. The number of anilines is 2. The molecule has 1 aromatic heterocycles. The van der Waals surface area contributed by atoms with Crippen molar-refractivity contribution in [3.63, 3.8) is 0 Å². The molecule has 0 radical (unpaired) electrons. The van der Waals surface area contributed by atoms with E-state index in [0.29, 0.717) is 21.5 Å². The van der Waals surface area contributed by atoms with Gasteiger partial charge >= 0.3 is 6.03 Å². The second-order valence-corrected chi connectivity index (χ2v) is 5.84. The summed E-state index contributed by atoms with van der Waals surface area (Å²) in [5.41, 5.74) is 1.89. The van der Waals surface area contributed by atoms with Crippen LogP contribution in [0.1, 0.15) is 0 Å². The maximum absolute atomic E-state index is 11.9. The first-order valence-corrected chi connectivity index (χ1v) is 7.45. The zero-order valence-electron chi connectivity index (χ0n) is 11.1. The van der Waals surface area contributed by atoms with Crippen molar-refractivity contribution in [2.24, 2.45) is 0 Å². The number of benzene rings is 2. The van der Waals surface area contributed by atoms with Gasteiger partial charge in [-0.05, 0) is 30.3 Å². The molecule has 0 aliphatic heterocycles. The molecule has 7 heteroatoms. The molecule has 0 aliphatic carbocycles. The van der Waals surface area contributed by atoms with Crippen LogP contribution in [0.4, 0.5) is 21.3 Å². The Kier molecular flexibility index (Phi) is 3.92. The number of carbonyl (C=O) groups excluding carboxylic acids is 1. The molecule has 5 nitrogen and oxygen atoms in total. The van der Waals surface area contributed by atoms with Gasteiger partial charge in [0.05, 0.1) is 12.1 Å². The quantitative estimate of drug-likeness (QED) is 0.639. The minimum Gasteiger partial charge on any atom is -0.308 e. The lowest BCUT2D eigenvalue weighted by molar-refractivity contribution is 0.262. The molecular formula is C15H9ClN4OS. The van der Waals surface area contributed by atoms with Crippen LogP contribution in [0.3, 0.4) is 0 Å². The molecule has 0 atom stereocenters. The Bertz CT molecular complexity index is 900. The standard InChI is InChI=1S/C15H9ClN4OS/c1-17-10-5-6-12-13(8-10)22-15(19-12)20-14(21)18-11-4-2-3-9(16)7-11/h2-8H,(H2,18,19,20,21). The van der Waals surface area contributed by atoms with E-state index in [9.17, 15) is 4.79 Å². The Balaban J connectivity index is 1.75. The molecule has 2 aromatic carbocycles. The van der Waals surface area contributed by atoms with Gasteiger partial charge in [-0.15, -0.1) is 0 Å². The van der Waals surface area contributed by atoms with Crippen LogP contribution in [-0.4, -0.2) is 11.0 Å². The summed E-state index contributed by atoms with van der Waals surface area (Å²) >= 11 is 7.18. The van der Waals surface area contributed by atoms with E-state index in [1.807, 2.05) is 0 Å². The Morgan fingerprint density at radius 3 is 2.86 bits per heavy atom. The smallest absolute Gasteiger partial charge is 0.308 e. The van der Waals surface area contributed by atoms with Crippen molar-refractivity contribution in [3.05, 3.63) is 58.9 Å². The molecular weight excluding hydrogens is 320 g/mol. The first-order valence-electron chi connectivity index (χ1n) is 6.26. The highest BCUT2D eigenvalue weighted by atomic mass is 35.5. The Labute approximate surface area is 135 Å². The lowest BCUT2D eigenvalue weighted by Crippen LogP contribution is -2.19. The van der Waals surface area contributed by atoms with Crippen molar-refractivity contribution < 1.29 is 4.79 Å². The first-order chi connectivity index (χ1) is 10.6. The van der Waals surface area contributed by atoms with Gasteiger partial charge in [-0.1, -0.05) is 35.1 Å². The lowest BCUT2D eigenvalue weighted by atomic mass is 10.3. The van der Waals surface area contributed by atoms with Crippen molar-refractivity contribution in [1.29, 1.82) is 0 Å². The number of aromatic nitrogens is 1.